The van der Waals surface area contributed by atoms with Crippen molar-refractivity contribution >= 4 is 11.7 Å². The van der Waals surface area contributed by atoms with E-state index >= 15 is 0 Å². The monoisotopic (exact) mass is 304 g/mol. The molecule has 3 atom stereocenters. The molecule has 0 spiro atoms. The van der Waals surface area contributed by atoms with E-state index in [0.29, 0.717) is 12.4 Å². The smallest absolute Gasteiger partial charge is 0.226 e. The molecular formula is C18H16N4O. The topological polar surface area (TPSA) is 69.9 Å². The Hall–Kier alpha value is -2.74. The molecule has 2 aromatic rings. The van der Waals surface area contributed by atoms with E-state index in [1.165, 1.54) is 0 Å². The lowest BCUT2D eigenvalue weighted by Gasteiger charge is -2.35. The van der Waals surface area contributed by atoms with Gasteiger partial charge in [0.25, 0.3) is 0 Å². The van der Waals surface area contributed by atoms with Crippen molar-refractivity contribution < 1.29 is 4.79 Å². The number of Topliss-reactive ketones (excluding diaryl/α,β-unsaturated/α-hetero) is 1. The van der Waals surface area contributed by atoms with Crippen LogP contribution in [0.25, 0.3) is 0 Å². The number of rotatable bonds is 1. The molecule has 1 aromatic heterocycles. The van der Waals surface area contributed by atoms with Crippen LogP contribution in [0.5, 0.6) is 0 Å². The van der Waals surface area contributed by atoms with Gasteiger partial charge in [0.1, 0.15) is 0 Å². The fraction of sp³-hybridized carbons (Fsp3) is 0.333. The van der Waals surface area contributed by atoms with Crippen LogP contribution in [0.4, 0.5) is 5.95 Å². The lowest BCUT2D eigenvalue weighted by Crippen LogP contribution is -2.43. The Morgan fingerprint density at radius 1 is 1.22 bits per heavy atom. The number of aryl methyl sites for hydroxylation is 2. The number of ketones is 1. The van der Waals surface area contributed by atoms with Crippen molar-refractivity contribution in [3.63, 3.8) is 0 Å². The van der Waals surface area contributed by atoms with Gasteiger partial charge in [0.2, 0.25) is 5.95 Å². The van der Waals surface area contributed by atoms with Crippen molar-refractivity contribution in [1.82, 2.24) is 9.97 Å². The predicted molar refractivity (Wildman–Crippen MR) is 85.0 cm³/mol. The first-order valence-electron chi connectivity index (χ1n) is 7.73. The maximum Gasteiger partial charge on any atom is 0.226 e. The second kappa shape index (κ2) is 4.88. The summed E-state index contributed by atoms with van der Waals surface area (Å²) in [7, 11) is 0. The third-order valence-electron chi connectivity index (χ3n) is 4.71. The minimum absolute atomic E-state index is 0.0670. The zero-order valence-corrected chi connectivity index (χ0v) is 13.0. The highest BCUT2D eigenvalue weighted by molar-refractivity contribution is 6.05. The number of benzene rings is 1. The van der Waals surface area contributed by atoms with Crippen LogP contribution in [0.3, 0.4) is 0 Å². The standard InChI is InChI=1S/C18H16N4O/c1-10-7-11(2)21-18(20-10)22-15-8-12(9-19)16(22)13-5-3-4-6-14(13)17(15)23/h3-7,12,15-16H,8H2,1-2H3/t12-,15?,16?/m1/s1. The van der Waals surface area contributed by atoms with Crippen molar-refractivity contribution in [3.05, 3.63) is 52.8 Å². The molecule has 2 aliphatic heterocycles. The van der Waals surface area contributed by atoms with Crippen LogP contribution < -0.4 is 4.90 Å². The van der Waals surface area contributed by atoms with E-state index in [2.05, 4.69) is 16.0 Å². The van der Waals surface area contributed by atoms with E-state index in [1.807, 2.05) is 49.1 Å². The molecule has 23 heavy (non-hydrogen) atoms. The number of nitrogens with zero attached hydrogens (tertiary/aromatic N) is 4. The van der Waals surface area contributed by atoms with Gasteiger partial charge in [0.05, 0.1) is 24.1 Å². The Morgan fingerprint density at radius 2 is 1.91 bits per heavy atom. The number of nitriles is 1. The minimum Gasteiger partial charge on any atom is -0.322 e. The van der Waals surface area contributed by atoms with Gasteiger partial charge in [-0.1, -0.05) is 24.3 Å². The molecule has 2 bridgehead atoms. The van der Waals surface area contributed by atoms with Crippen molar-refractivity contribution in [2.45, 2.75) is 32.4 Å². The van der Waals surface area contributed by atoms with E-state index < -0.39 is 0 Å². The van der Waals surface area contributed by atoms with Gasteiger partial charge in [0, 0.05) is 17.0 Å². The molecule has 0 N–H and O–H groups in total. The zero-order chi connectivity index (χ0) is 16.1. The number of carbonyl (C=O) groups is 1. The molecule has 1 fully saturated rings. The normalized spacial score (nSPS) is 25.2. The molecule has 4 rings (SSSR count). The molecule has 0 saturated carbocycles. The maximum atomic E-state index is 12.9. The molecule has 2 aliphatic rings. The van der Waals surface area contributed by atoms with Gasteiger partial charge < -0.3 is 4.90 Å². The summed E-state index contributed by atoms with van der Waals surface area (Å²) in [5, 5.41) is 9.57. The van der Waals surface area contributed by atoms with Crippen LogP contribution in [-0.2, 0) is 0 Å². The maximum absolute atomic E-state index is 12.9. The third kappa shape index (κ3) is 1.95. The van der Waals surface area contributed by atoms with E-state index in [-0.39, 0.29) is 23.8 Å². The Morgan fingerprint density at radius 3 is 2.61 bits per heavy atom. The quantitative estimate of drug-likeness (QED) is 0.810. The van der Waals surface area contributed by atoms with Crippen molar-refractivity contribution in [1.29, 1.82) is 5.26 Å². The highest BCUT2D eigenvalue weighted by atomic mass is 16.1. The SMILES string of the molecule is Cc1cc(C)nc(N2C3C[C@H](C#N)C2c2ccccc2C3=O)n1. The molecule has 5 nitrogen and oxygen atoms in total. The van der Waals surface area contributed by atoms with E-state index in [4.69, 9.17) is 0 Å². The van der Waals surface area contributed by atoms with Gasteiger partial charge in [0.15, 0.2) is 5.78 Å². The number of anilines is 1. The molecule has 3 heterocycles. The highest BCUT2D eigenvalue weighted by Crippen LogP contribution is 2.48. The Labute approximate surface area is 134 Å². The van der Waals surface area contributed by atoms with Gasteiger partial charge in [-0.25, -0.2) is 9.97 Å². The third-order valence-corrected chi connectivity index (χ3v) is 4.71. The predicted octanol–water partition coefficient (Wildman–Crippen LogP) is 2.75. The Balaban J connectivity index is 1.92. The summed E-state index contributed by atoms with van der Waals surface area (Å²) in [6.45, 7) is 3.84. The summed E-state index contributed by atoms with van der Waals surface area (Å²) in [5.74, 6) is 0.396. The molecule has 114 valence electrons. The number of aromatic nitrogens is 2. The molecule has 1 aromatic carbocycles. The first kappa shape index (κ1) is 13.9. The van der Waals surface area contributed by atoms with Gasteiger partial charge in [-0.2, -0.15) is 5.26 Å². The van der Waals surface area contributed by atoms with Crippen LogP contribution in [0.15, 0.2) is 30.3 Å². The average molecular weight is 304 g/mol. The van der Waals surface area contributed by atoms with Gasteiger partial charge >= 0.3 is 0 Å². The average Bonchev–Trinajstić information content (AvgIpc) is 2.87. The molecule has 1 saturated heterocycles. The number of hydrogen-bond acceptors (Lipinski definition) is 5. The minimum atomic E-state index is -0.347. The van der Waals surface area contributed by atoms with Crippen LogP contribution in [0.1, 0.15) is 39.8 Å². The van der Waals surface area contributed by atoms with Gasteiger partial charge in [-0.3, -0.25) is 4.79 Å². The van der Waals surface area contributed by atoms with Crippen molar-refractivity contribution in [2.24, 2.45) is 5.92 Å². The van der Waals surface area contributed by atoms with Crippen LogP contribution in [0, 0.1) is 31.1 Å². The number of carbonyl (C=O) groups excluding carboxylic acids is 1. The lowest BCUT2D eigenvalue weighted by molar-refractivity contribution is 0.0954. The summed E-state index contributed by atoms with van der Waals surface area (Å²) < 4.78 is 0. The summed E-state index contributed by atoms with van der Waals surface area (Å²) in [5.41, 5.74) is 3.39. The molecule has 0 aliphatic carbocycles. The fourth-order valence-corrected chi connectivity index (χ4v) is 3.84. The van der Waals surface area contributed by atoms with Crippen LogP contribution in [0.2, 0.25) is 0 Å². The summed E-state index contributed by atoms with van der Waals surface area (Å²) >= 11 is 0. The second-order valence-electron chi connectivity index (χ2n) is 6.24. The van der Waals surface area contributed by atoms with E-state index in [9.17, 15) is 10.1 Å². The number of hydrogen-bond donors (Lipinski definition) is 0. The Bertz CT molecular complexity index is 834. The summed E-state index contributed by atoms with van der Waals surface area (Å²) in [6, 6.07) is 11.4. The van der Waals surface area contributed by atoms with E-state index in [1.54, 1.807) is 0 Å². The molecule has 5 heteroatoms. The summed E-state index contributed by atoms with van der Waals surface area (Å²) in [6.07, 6.45) is 0.533. The molecular weight excluding hydrogens is 288 g/mol. The molecule has 0 radical (unpaired) electrons. The summed E-state index contributed by atoms with van der Waals surface area (Å²) in [4.78, 5) is 23.9. The first-order valence-corrected chi connectivity index (χ1v) is 7.73. The van der Waals surface area contributed by atoms with Gasteiger partial charge in [-0.05, 0) is 31.9 Å². The van der Waals surface area contributed by atoms with E-state index in [0.717, 1.165) is 22.5 Å². The van der Waals surface area contributed by atoms with Crippen molar-refractivity contribution in [3.8, 4) is 6.07 Å². The lowest BCUT2D eigenvalue weighted by atomic mass is 9.90. The zero-order valence-electron chi connectivity index (χ0n) is 13.0. The van der Waals surface area contributed by atoms with Crippen LogP contribution in [-0.4, -0.2) is 21.8 Å². The fourth-order valence-electron chi connectivity index (χ4n) is 3.84. The largest absolute Gasteiger partial charge is 0.322 e. The van der Waals surface area contributed by atoms with Crippen molar-refractivity contribution in [2.75, 3.05) is 4.90 Å². The molecule has 2 unspecified atom stereocenters. The second-order valence-corrected chi connectivity index (χ2v) is 6.24. The van der Waals surface area contributed by atoms with Crippen LogP contribution >= 0.6 is 0 Å². The first-order chi connectivity index (χ1) is 11.1. The highest BCUT2D eigenvalue weighted by Gasteiger charge is 2.51. The Kier molecular flexibility index (Phi) is 2.95. The molecule has 0 amide bonds. The number of fused-ring (bicyclic) bond motifs is 4. The van der Waals surface area contributed by atoms with Gasteiger partial charge in [-0.15, -0.1) is 0 Å².